The summed E-state index contributed by atoms with van der Waals surface area (Å²) in [6.07, 6.45) is 4.40. The Hall–Kier alpha value is -1.13. The van der Waals surface area contributed by atoms with Crippen LogP contribution >= 0.6 is 12.2 Å². The summed E-state index contributed by atoms with van der Waals surface area (Å²) >= 11 is 5.39. The Labute approximate surface area is 121 Å². The zero-order valence-electron chi connectivity index (χ0n) is 11.8. The summed E-state index contributed by atoms with van der Waals surface area (Å²) in [6, 6.07) is 10.6. The van der Waals surface area contributed by atoms with Crippen LogP contribution in [0.5, 0.6) is 0 Å². The third-order valence-corrected chi connectivity index (χ3v) is 3.82. The van der Waals surface area contributed by atoms with Gasteiger partial charge in [0.15, 0.2) is 5.11 Å². The average molecular weight is 277 g/mol. The summed E-state index contributed by atoms with van der Waals surface area (Å²) in [5.74, 6) is 0. The van der Waals surface area contributed by atoms with Crippen molar-refractivity contribution in [3.8, 4) is 0 Å². The highest BCUT2D eigenvalue weighted by molar-refractivity contribution is 7.80. The monoisotopic (exact) mass is 277 g/mol. The van der Waals surface area contributed by atoms with Gasteiger partial charge >= 0.3 is 0 Å². The minimum atomic E-state index is -0.124. The molecule has 1 fully saturated rings. The van der Waals surface area contributed by atoms with Gasteiger partial charge in [0, 0.05) is 6.54 Å². The van der Waals surface area contributed by atoms with Crippen molar-refractivity contribution >= 4 is 17.3 Å². The second kappa shape index (κ2) is 6.35. The minimum Gasteiger partial charge on any atom is -0.342 e. The van der Waals surface area contributed by atoms with E-state index in [0.29, 0.717) is 0 Å². The molecule has 0 spiro atoms. The van der Waals surface area contributed by atoms with Crippen molar-refractivity contribution in [2.75, 3.05) is 6.54 Å². The Morgan fingerprint density at radius 3 is 2.68 bits per heavy atom. The van der Waals surface area contributed by atoms with Crippen LogP contribution in [-0.4, -0.2) is 22.3 Å². The quantitative estimate of drug-likeness (QED) is 0.782. The molecular formula is C15H23N3S. The third kappa shape index (κ3) is 3.91. The lowest BCUT2D eigenvalue weighted by Crippen LogP contribution is -2.48. The van der Waals surface area contributed by atoms with Gasteiger partial charge in [-0.05, 0) is 44.0 Å². The summed E-state index contributed by atoms with van der Waals surface area (Å²) in [7, 11) is 0. The smallest absolute Gasteiger partial charge is 0.185 e. The predicted molar refractivity (Wildman–Crippen MR) is 83.7 cm³/mol. The molecule has 2 rings (SSSR count). The van der Waals surface area contributed by atoms with Crippen LogP contribution in [0, 0.1) is 0 Å². The molecule has 1 heterocycles. The first kappa shape index (κ1) is 14.3. The van der Waals surface area contributed by atoms with Crippen molar-refractivity contribution in [2.24, 2.45) is 0 Å². The first-order valence-corrected chi connectivity index (χ1v) is 7.45. The second-order valence-electron chi connectivity index (χ2n) is 5.36. The highest BCUT2D eigenvalue weighted by Crippen LogP contribution is 2.17. The summed E-state index contributed by atoms with van der Waals surface area (Å²) in [5, 5.41) is 6.30. The van der Waals surface area contributed by atoms with E-state index in [0.717, 1.165) is 30.9 Å². The maximum atomic E-state index is 5.39. The molecule has 0 unspecified atom stereocenters. The van der Waals surface area contributed by atoms with Gasteiger partial charge in [0.2, 0.25) is 0 Å². The first-order valence-electron chi connectivity index (χ1n) is 7.04. The van der Waals surface area contributed by atoms with E-state index in [-0.39, 0.29) is 5.66 Å². The first-order chi connectivity index (χ1) is 9.13. The van der Waals surface area contributed by atoms with Crippen LogP contribution in [0.2, 0.25) is 0 Å². The normalized spacial score (nSPS) is 22.6. The van der Waals surface area contributed by atoms with Crippen LogP contribution in [0.4, 0.5) is 0 Å². The fourth-order valence-electron chi connectivity index (χ4n) is 2.31. The van der Waals surface area contributed by atoms with Crippen LogP contribution in [-0.2, 0) is 6.42 Å². The number of hydrogen-bond acceptors (Lipinski definition) is 2. The van der Waals surface area contributed by atoms with E-state index in [9.17, 15) is 0 Å². The van der Waals surface area contributed by atoms with E-state index < -0.39 is 0 Å². The standard InChI is InChI=1S/C15H23N3S/c1-3-4-12-18-14(19)16-15(2,17-18)11-10-13-8-6-5-7-9-13/h5-9,17H,3-4,10-12H2,1-2H3,(H,16,19)/t15-/m0/s1. The molecule has 0 saturated carbocycles. The molecule has 1 aliphatic heterocycles. The number of hydrazine groups is 1. The van der Waals surface area contributed by atoms with E-state index >= 15 is 0 Å². The Balaban J connectivity index is 1.88. The van der Waals surface area contributed by atoms with Gasteiger partial charge in [-0.1, -0.05) is 43.7 Å². The number of nitrogens with zero attached hydrogens (tertiary/aromatic N) is 1. The molecule has 0 amide bonds. The van der Waals surface area contributed by atoms with Gasteiger partial charge in [0.05, 0.1) is 0 Å². The summed E-state index contributed by atoms with van der Waals surface area (Å²) in [5.41, 5.74) is 4.74. The van der Waals surface area contributed by atoms with Gasteiger partial charge in [-0.2, -0.15) is 0 Å². The zero-order valence-corrected chi connectivity index (χ0v) is 12.6. The summed E-state index contributed by atoms with van der Waals surface area (Å²) < 4.78 is 0. The van der Waals surface area contributed by atoms with Crippen LogP contribution < -0.4 is 10.7 Å². The molecule has 1 saturated heterocycles. The Morgan fingerprint density at radius 2 is 2.00 bits per heavy atom. The topological polar surface area (TPSA) is 27.3 Å². The van der Waals surface area contributed by atoms with Crippen molar-refractivity contribution < 1.29 is 0 Å². The lowest BCUT2D eigenvalue weighted by Gasteiger charge is -2.25. The number of benzene rings is 1. The van der Waals surface area contributed by atoms with Crippen molar-refractivity contribution in [2.45, 2.75) is 45.2 Å². The molecule has 1 atom stereocenters. The highest BCUT2D eigenvalue weighted by atomic mass is 32.1. The zero-order chi connectivity index (χ0) is 13.7. The lowest BCUT2D eigenvalue weighted by atomic mass is 10.0. The molecule has 0 bridgehead atoms. The minimum absolute atomic E-state index is 0.124. The molecule has 0 aliphatic carbocycles. The van der Waals surface area contributed by atoms with Gasteiger partial charge in [-0.15, -0.1) is 0 Å². The molecule has 0 radical (unpaired) electrons. The SMILES string of the molecule is CCCCN1N[C@@](C)(CCc2ccccc2)NC1=S. The fourth-order valence-corrected chi connectivity index (χ4v) is 2.67. The number of thiocarbonyl (C=S) groups is 1. The fraction of sp³-hybridized carbons (Fsp3) is 0.533. The molecule has 3 nitrogen and oxygen atoms in total. The molecule has 4 heteroatoms. The number of nitrogens with one attached hydrogen (secondary N) is 2. The number of hydrogen-bond donors (Lipinski definition) is 2. The third-order valence-electron chi connectivity index (χ3n) is 3.50. The Kier molecular flexibility index (Phi) is 4.77. The van der Waals surface area contributed by atoms with Gasteiger partial charge in [-0.3, -0.25) is 5.01 Å². The predicted octanol–water partition coefficient (Wildman–Crippen LogP) is 2.83. The second-order valence-corrected chi connectivity index (χ2v) is 5.75. The van der Waals surface area contributed by atoms with Crippen LogP contribution in [0.1, 0.15) is 38.7 Å². The molecular weight excluding hydrogens is 254 g/mol. The van der Waals surface area contributed by atoms with E-state index in [1.54, 1.807) is 0 Å². The molecule has 1 aromatic rings. The van der Waals surface area contributed by atoms with E-state index in [1.165, 1.54) is 12.0 Å². The van der Waals surface area contributed by atoms with Crippen molar-refractivity contribution in [3.63, 3.8) is 0 Å². The van der Waals surface area contributed by atoms with Crippen molar-refractivity contribution in [1.82, 2.24) is 15.8 Å². The Bertz CT molecular complexity index is 421. The van der Waals surface area contributed by atoms with Gasteiger partial charge < -0.3 is 5.32 Å². The maximum Gasteiger partial charge on any atom is 0.185 e. The molecule has 104 valence electrons. The number of unbranched alkanes of at least 4 members (excludes halogenated alkanes) is 1. The lowest BCUT2D eigenvalue weighted by molar-refractivity contribution is 0.220. The summed E-state index contributed by atoms with van der Waals surface area (Å²) in [6.45, 7) is 5.35. The molecule has 2 N–H and O–H groups in total. The number of aryl methyl sites for hydroxylation is 1. The molecule has 1 aliphatic rings. The van der Waals surface area contributed by atoms with Gasteiger partial charge in [0.25, 0.3) is 0 Å². The molecule has 0 aromatic heterocycles. The highest BCUT2D eigenvalue weighted by Gasteiger charge is 2.34. The van der Waals surface area contributed by atoms with Crippen LogP contribution in [0.3, 0.4) is 0 Å². The van der Waals surface area contributed by atoms with Crippen LogP contribution in [0.25, 0.3) is 0 Å². The van der Waals surface area contributed by atoms with Crippen molar-refractivity contribution in [3.05, 3.63) is 35.9 Å². The van der Waals surface area contributed by atoms with Crippen molar-refractivity contribution in [1.29, 1.82) is 0 Å². The molecule has 19 heavy (non-hydrogen) atoms. The molecule has 1 aromatic carbocycles. The maximum absolute atomic E-state index is 5.39. The van der Waals surface area contributed by atoms with Gasteiger partial charge in [0.1, 0.15) is 5.66 Å². The van der Waals surface area contributed by atoms with E-state index in [4.69, 9.17) is 12.2 Å². The largest absolute Gasteiger partial charge is 0.342 e. The summed E-state index contributed by atoms with van der Waals surface area (Å²) in [4.78, 5) is 0. The van der Waals surface area contributed by atoms with Gasteiger partial charge in [-0.25, -0.2) is 5.43 Å². The number of rotatable bonds is 6. The average Bonchev–Trinajstić information content (AvgIpc) is 2.71. The van der Waals surface area contributed by atoms with E-state index in [2.05, 4.69) is 59.9 Å². The van der Waals surface area contributed by atoms with E-state index in [1.807, 2.05) is 0 Å². The Morgan fingerprint density at radius 1 is 1.26 bits per heavy atom. The van der Waals surface area contributed by atoms with Crippen LogP contribution in [0.15, 0.2) is 30.3 Å².